The third-order valence-corrected chi connectivity index (χ3v) is 4.45. The van der Waals surface area contributed by atoms with E-state index in [-0.39, 0.29) is 0 Å². The van der Waals surface area contributed by atoms with Crippen LogP contribution in [0.3, 0.4) is 0 Å². The Labute approximate surface area is 160 Å². The Morgan fingerprint density at radius 1 is 1.14 bits per heavy atom. The fourth-order valence-corrected chi connectivity index (χ4v) is 2.94. The highest BCUT2D eigenvalue weighted by atomic mass is 16.5. The molecule has 0 aliphatic carbocycles. The number of imidazole rings is 1. The molecule has 0 radical (unpaired) electrons. The lowest BCUT2D eigenvalue weighted by molar-refractivity contribution is 0.355. The molecule has 3 rings (SSSR count). The molecule has 2 heterocycles. The molecule has 0 spiro atoms. The van der Waals surface area contributed by atoms with Gasteiger partial charge in [0.1, 0.15) is 0 Å². The molecule has 0 saturated carbocycles. The van der Waals surface area contributed by atoms with E-state index < -0.39 is 11.2 Å². The van der Waals surface area contributed by atoms with E-state index in [1.54, 1.807) is 44.2 Å². The summed E-state index contributed by atoms with van der Waals surface area (Å²) in [6.07, 6.45) is 1.60. The van der Waals surface area contributed by atoms with E-state index in [4.69, 9.17) is 9.47 Å². The van der Waals surface area contributed by atoms with Gasteiger partial charge in [0, 0.05) is 20.6 Å². The number of hydrazone groups is 1. The number of benzene rings is 1. The monoisotopic (exact) mass is 386 g/mol. The predicted octanol–water partition coefficient (Wildman–Crippen LogP) is 0.917. The Balaban J connectivity index is 1.98. The molecule has 28 heavy (non-hydrogen) atoms. The highest BCUT2D eigenvalue weighted by molar-refractivity contribution is 5.81. The normalized spacial score (nSPS) is 11.3. The number of ether oxygens (including phenoxy) is 2. The SMILES string of the molecule is CCn1c(NN=Cc2ccc(OC)c(OC)c2)nc2c1c(=O)n(C)c(=O)n2C. The standard InChI is InChI=1S/C18H22N6O4/c1-6-24-14-15(22(2)18(26)23(3)16(14)25)20-17(24)21-19-10-11-7-8-12(27-4)13(9-11)28-5/h7-10H,6H2,1-5H3,(H,20,21). The molecule has 0 aliphatic heterocycles. The Hall–Kier alpha value is -3.56. The zero-order chi connectivity index (χ0) is 20.4. The van der Waals surface area contributed by atoms with Crippen LogP contribution < -0.4 is 26.1 Å². The number of hydrogen-bond donors (Lipinski definition) is 1. The second-order valence-electron chi connectivity index (χ2n) is 6.04. The zero-order valence-electron chi connectivity index (χ0n) is 16.4. The molecule has 0 unspecified atom stereocenters. The Morgan fingerprint density at radius 3 is 2.50 bits per heavy atom. The van der Waals surface area contributed by atoms with Crippen LogP contribution in [0.4, 0.5) is 5.95 Å². The van der Waals surface area contributed by atoms with Crippen molar-refractivity contribution in [1.29, 1.82) is 0 Å². The Morgan fingerprint density at radius 2 is 1.86 bits per heavy atom. The van der Waals surface area contributed by atoms with Gasteiger partial charge in [0.05, 0.1) is 20.4 Å². The van der Waals surface area contributed by atoms with E-state index in [2.05, 4.69) is 15.5 Å². The molecule has 0 bridgehead atoms. The van der Waals surface area contributed by atoms with Gasteiger partial charge in [-0.2, -0.15) is 10.1 Å². The van der Waals surface area contributed by atoms with Crippen LogP contribution in [0.1, 0.15) is 12.5 Å². The largest absolute Gasteiger partial charge is 0.493 e. The molecule has 10 heteroatoms. The van der Waals surface area contributed by atoms with Gasteiger partial charge < -0.3 is 14.0 Å². The van der Waals surface area contributed by atoms with E-state index >= 15 is 0 Å². The lowest BCUT2D eigenvalue weighted by Gasteiger charge is -2.07. The number of fused-ring (bicyclic) bond motifs is 1. The summed E-state index contributed by atoms with van der Waals surface area (Å²) in [5.41, 5.74) is 3.45. The van der Waals surface area contributed by atoms with Gasteiger partial charge in [-0.05, 0) is 30.7 Å². The first-order valence-corrected chi connectivity index (χ1v) is 8.60. The average Bonchev–Trinajstić information content (AvgIpc) is 3.09. The summed E-state index contributed by atoms with van der Waals surface area (Å²) >= 11 is 0. The maximum atomic E-state index is 12.5. The smallest absolute Gasteiger partial charge is 0.332 e. The van der Waals surface area contributed by atoms with Gasteiger partial charge in [0.25, 0.3) is 5.56 Å². The minimum absolute atomic E-state index is 0.304. The minimum atomic E-state index is -0.432. The highest BCUT2D eigenvalue weighted by Gasteiger charge is 2.17. The fourth-order valence-electron chi connectivity index (χ4n) is 2.94. The molecule has 1 N–H and O–H groups in total. The highest BCUT2D eigenvalue weighted by Crippen LogP contribution is 2.26. The van der Waals surface area contributed by atoms with Gasteiger partial charge in [0.2, 0.25) is 5.95 Å². The number of hydrogen-bond acceptors (Lipinski definition) is 7. The quantitative estimate of drug-likeness (QED) is 0.499. The maximum absolute atomic E-state index is 12.5. The molecule has 148 valence electrons. The van der Waals surface area contributed by atoms with Crippen LogP contribution in [0.5, 0.6) is 11.5 Å². The third-order valence-electron chi connectivity index (χ3n) is 4.45. The van der Waals surface area contributed by atoms with Crippen molar-refractivity contribution in [2.75, 3.05) is 19.6 Å². The molecule has 0 fully saturated rings. The van der Waals surface area contributed by atoms with Gasteiger partial charge in [-0.15, -0.1) is 0 Å². The van der Waals surface area contributed by atoms with E-state index in [0.717, 1.165) is 10.1 Å². The van der Waals surface area contributed by atoms with E-state index in [9.17, 15) is 9.59 Å². The molecule has 3 aromatic rings. The molecular formula is C18H22N6O4. The number of aryl methyl sites for hydroxylation is 2. The number of nitrogens with one attached hydrogen (secondary N) is 1. The number of rotatable bonds is 6. The molecule has 2 aromatic heterocycles. The van der Waals surface area contributed by atoms with Crippen LogP contribution in [-0.2, 0) is 20.6 Å². The fraction of sp³-hybridized carbons (Fsp3) is 0.333. The van der Waals surface area contributed by atoms with Crippen LogP contribution in [0.15, 0.2) is 32.9 Å². The lowest BCUT2D eigenvalue weighted by atomic mass is 10.2. The zero-order valence-corrected chi connectivity index (χ0v) is 16.4. The summed E-state index contributed by atoms with van der Waals surface area (Å²) in [7, 11) is 6.15. The second kappa shape index (κ2) is 7.59. The molecule has 0 amide bonds. The van der Waals surface area contributed by atoms with E-state index in [1.165, 1.54) is 11.6 Å². The third kappa shape index (κ3) is 3.13. The van der Waals surface area contributed by atoms with E-state index in [0.29, 0.717) is 35.2 Å². The van der Waals surface area contributed by atoms with Gasteiger partial charge in [-0.1, -0.05) is 0 Å². The molecule has 0 saturated heterocycles. The summed E-state index contributed by atoms with van der Waals surface area (Å²) < 4.78 is 14.6. The minimum Gasteiger partial charge on any atom is -0.493 e. The first-order chi connectivity index (χ1) is 13.4. The van der Waals surface area contributed by atoms with E-state index in [1.807, 2.05) is 13.0 Å². The van der Waals surface area contributed by atoms with Gasteiger partial charge in [-0.3, -0.25) is 13.9 Å². The summed E-state index contributed by atoms with van der Waals surface area (Å²) in [4.78, 5) is 29.0. The van der Waals surface area contributed by atoms with Crippen LogP contribution in [0, 0.1) is 0 Å². The van der Waals surface area contributed by atoms with Crippen molar-refractivity contribution in [3.8, 4) is 11.5 Å². The number of aromatic nitrogens is 4. The number of nitrogens with zero attached hydrogens (tertiary/aromatic N) is 5. The van der Waals surface area contributed by atoms with Crippen molar-refractivity contribution in [3.63, 3.8) is 0 Å². The Kier molecular flexibility index (Phi) is 5.21. The van der Waals surface area contributed by atoms with Crippen molar-refractivity contribution < 1.29 is 9.47 Å². The molecule has 0 atom stereocenters. The van der Waals surface area contributed by atoms with Gasteiger partial charge in [-0.25, -0.2) is 10.2 Å². The topological polar surface area (TPSA) is 105 Å². The van der Waals surface area contributed by atoms with Crippen LogP contribution in [-0.4, -0.2) is 39.1 Å². The second-order valence-corrected chi connectivity index (χ2v) is 6.04. The van der Waals surface area contributed by atoms with Crippen molar-refractivity contribution in [2.24, 2.45) is 19.2 Å². The van der Waals surface area contributed by atoms with Crippen molar-refractivity contribution >= 4 is 23.3 Å². The maximum Gasteiger partial charge on any atom is 0.332 e. The molecule has 0 aliphatic rings. The van der Waals surface area contributed by atoms with Crippen molar-refractivity contribution in [3.05, 3.63) is 44.6 Å². The lowest BCUT2D eigenvalue weighted by Crippen LogP contribution is -2.37. The van der Waals surface area contributed by atoms with Crippen molar-refractivity contribution in [1.82, 2.24) is 18.7 Å². The first-order valence-electron chi connectivity index (χ1n) is 8.60. The van der Waals surface area contributed by atoms with Gasteiger partial charge in [0.15, 0.2) is 22.7 Å². The molecule has 10 nitrogen and oxygen atoms in total. The van der Waals surface area contributed by atoms with Crippen LogP contribution in [0.2, 0.25) is 0 Å². The van der Waals surface area contributed by atoms with Crippen LogP contribution >= 0.6 is 0 Å². The van der Waals surface area contributed by atoms with Crippen molar-refractivity contribution in [2.45, 2.75) is 13.5 Å². The predicted molar refractivity (Wildman–Crippen MR) is 107 cm³/mol. The van der Waals surface area contributed by atoms with Crippen LogP contribution in [0.25, 0.3) is 11.2 Å². The number of methoxy groups -OCH3 is 2. The first kappa shape index (κ1) is 19.2. The molecular weight excluding hydrogens is 364 g/mol. The number of anilines is 1. The average molecular weight is 386 g/mol. The molecule has 1 aromatic carbocycles. The Bertz CT molecular complexity index is 1170. The summed E-state index contributed by atoms with van der Waals surface area (Å²) in [5.74, 6) is 1.58. The summed E-state index contributed by atoms with van der Waals surface area (Å²) in [6.45, 7) is 2.37. The summed E-state index contributed by atoms with van der Waals surface area (Å²) in [5, 5.41) is 4.20. The summed E-state index contributed by atoms with van der Waals surface area (Å²) in [6, 6.07) is 5.39. The van der Waals surface area contributed by atoms with Gasteiger partial charge >= 0.3 is 5.69 Å².